The van der Waals surface area contributed by atoms with Crippen molar-refractivity contribution < 1.29 is 9.59 Å². The summed E-state index contributed by atoms with van der Waals surface area (Å²) in [5.41, 5.74) is 2.66. The normalized spacial score (nSPS) is 16.2. The van der Waals surface area contributed by atoms with E-state index in [9.17, 15) is 9.59 Å². The second-order valence-electron chi connectivity index (χ2n) is 8.19. The van der Waals surface area contributed by atoms with Crippen LogP contribution < -0.4 is 0 Å². The molecule has 0 bridgehead atoms. The Morgan fingerprint density at radius 3 is 2.55 bits per heavy atom. The molecule has 1 saturated heterocycles. The number of thioether (sulfide) groups is 1. The Morgan fingerprint density at radius 1 is 1.09 bits per heavy atom. The Morgan fingerprint density at radius 2 is 1.85 bits per heavy atom. The van der Waals surface area contributed by atoms with Crippen LogP contribution >= 0.6 is 23.4 Å². The molecule has 2 heterocycles. The van der Waals surface area contributed by atoms with Crippen molar-refractivity contribution in [2.24, 2.45) is 0 Å². The van der Waals surface area contributed by atoms with Gasteiger partial charge in [-0.05, 0) is 51.1 Å². The fourth-order valence-corrected chi connectivity index (χ4v) is 5.00. The van der Waals surface area contributed by atoms with E-state index in [2.05, 4.69) is 10.2 Å². The van der Waals surface area contributed by atoms with Crippen LogP contribution in [0.2, 0.25) is 5.02 Å². The summed E-state index contributed by atoms with van der Waals surface area (Å²) < 4.78 is 1.89. The molecule has 0 spiro atoms. The summed E-state index contributed by atoms with van der Waals surface area (Å²) in [7, 11) is 0. The number of nitrogens with zero attached hydrogens (tertiary/aromatic N) is 5. The molecule has 1 aromatic heterocycles. The first kappa shape index (κ1) is 23.3. The lowest BCUT2D eigenvalue weighted by atomic mass is 10.1. The third-order valence-corrected chi connectivity index (χ3v) is 6.87. The molecule has 2 amide bonds. The number of rotatable bonds is 5. The Balaban J connectivity index is 1.37. The predicted octanol–water partition coefficient (Wildman–Crippen LogP) is 4.00. The zero-order valence-corrected chi connectivity index (χ0v) is 20.4. The van der Waals surface area contributed by atoms with Crippen LogP contribution in [0.15, 0.2) is 53.7 Å². The number of piperazine rings is 1. The van der Waals surface area contributed by atoms with E-state index in [4.69, 9.17) is 11.6 Å². The van der Waals surface area contributed by atoms with Crippen LogP contribution in [-0.4, -0.2) is 67.8 Å². The zero-order chi connectivity index (χ0) is 23.5. The van der Waals surface area contributed by atoms with Gasteiger partial charge >= 0.3 is 0 Å². The van der Waals surface area contributed by atoms with Gasteiger partial charge < -0.3 is 9.80 Å². The lowest BCUT2D eigenvalue weighted by Crippen LogP contribution is -2.55. The Kier molecular flexibility index (Phi) is 7.05. The summed E-state index contributed by atoms with van der Waals surface area (Å²) in [5.74, 6) is 1.00. The molecular formula is C24H26ClN5O2S. The Hall–Kier alpha value is -2.84. The van der Waals surface area contributed by atoms with E-state index >= 15 is 0 Å². The predicted molar refractivity (Wildman–Crippen MR) is 130 cm³/mol. The van der Waals surface area contributed by atoms with Gasteiger partial charge in [-0.25, -0.2) is 0 Å². The molecule has 9 heteroatoms. The van der Waals surface area contributed by atoms with E-state index in [0.717, 1.165) is 17.1 Å². The van der Waals surface area contributed by atoms with E-state index < -0.39 is 0 Å². The van der Waals surface area contributed by atoms with Gasteiger partial charge in [0.05, 0.1) is 11.4 Å². The monoisotopic (exact) mass is 483 g/mol. The molecule has 1 atom stereocenters. The molecule has 3 aromatic rings. The standard InChI is InChI=1S/C24H26ClN5O2S/c1-16-7-9-19(10-8-16)23(32)29-12-11-28(14-17(29)2)22(31)15-33-24-27-26-18(3)30(24)21-6-4-5-20(25)13-21/h4-10,13,17H,11-12,14-15H2,1-3H3. The topological polar surface area (TPSA) is 71.3 Å². The van der Waals surface area contributed by atoms with Crippen LogP contribution in [0.4, 0.5) is 0 Å². The minimum Gasteiger partial charge on any atom is -0.338 e. The molecule has 7 nitrogen and oxygen atoms in total. The van der Waals surface area contributed by atoms with Crippen molar-refractivity contribution >= 4 is 35.2 Å². The zero-order valence-electron chi connectivity index (χ0n) is 18.9. The van der Waals surface area contributed by atoms with E-state index in [-0.39, 0.29) is 23.6 Å². The molecule has 172 valence electrons. The molecule has 0 aliphatic carbocycles. The average molecular weight is 484 g/mol. The fourth-order valence-electron chi connectivity index (χ4n) is 3.91. The van der Waals surface area contributed by atoms with Gasteiger partial charge in [0, 0.05) is 36.3 Å². The minimum atomic E-state index is -0.0566. The van der Waals surface area contributed by atoms with E-state index in [1.54, 1.807) is 0 Å². The summed E-state index contributed by atoms with van der Waals surface area (Å²) in [6, 6.07) is 15.0. The van der Waals surface area contributed by atoms with Crippen molar-refractivity contribution in [1.82, 2.24) is 24.6 Å². The summed E-state index contributed by atoms with van der Waals surface area (Å²) >= 11 is 7.49. The van der Waals surface area contributed by atoms with E-state index in [1.165, 1.54) is 11.8 Å². The molecule has 0 saturated carbocycles. The summed E-state index contributed by atoms with van der Waals surface area (Å²) in [5, 5.41) is 9.67. The third kappa shape index (κ3) is 5.23. The number of halogens is 1. The van der Waals surface area contributed by atoms with Crippen molar-refractivity contribution in [2.75, 3.05) is 25.4 Å². The Labute approximate surface area is 202 Å². The highest BCUT2D eigenvalue weighted by Crippen LogP contribution is 2.24. The van der Waals surface area contributed by atoms with Crippen molar-refractivity contribution in [3.8, 4) is 5.69 Å². The van der Waals surface area contributed by atoms with E-state index in [0.29, 0.717) is 35.4 Å². The van der Waals surface area contributed by atoms with Crippen LogP contribution in [0.1, 0.15) is 28.7 Å². The molecule has 4 rings (SSSR count). The molecule has 1 unspecified atom stereocenters. The number of hydrogen-bond donors (Lipinski definition) is 0. The van der Waals surface area contributed by atoms with Crippen molar-refractivity contribution in [2.45, 2.75) is 32.0 Å². The van der Waals surface area contributed by atoms with E-state index in [1.807, 2.05) is 83.7 Å². The molecule has 2 aromatic carbocycles. The molecule has 1 fully saturated rings. The van der Waals surface area contributed by atoms with Crippen molar-refractivity contribution in [1.29, 1.82) is 0 Å². The smallest absolute Gasteiger partial charge is 0.254 e. The Bertz CT molecular complexity index is 1160. The number of amides is 2. The fraction of sp³-hybridized carbons (Fsp3) is 0.333. The summed E-state index contributed by atoms with van der Waals surface area (Å²) in [4.78, 5) is 29.5. The van der Waals surface area contributed by atoms with Crippen LogP contribution in [0.5, 0.6) is 0 Å². The largest absolute Gasteiger partial charge is 0.338 e. The molecule has 0 radical (unpaired) electrons. The number of benzene rings is 2. The van der Waals surface area contributed by atoms with Gasteiger partial charge in [0.25, 0.3) is 5.91 Å². The maximum atomic E-state index is 12.9. The highest BCUT2D eigenvalue weighted by molar-refractivity contribution is 7.99. The summed E-state index contributed by atoms with van der Waals surface area (Å²) in [6.07, 6.45) is 0. The first-order valence-corrected chi connectivity index (χ1v) is 12.2. The first-order valence-electron chi connectivity index (χ1n) is 10.8. The highest BCUT2D eigenvalue weighted by Gasteiger charge is 2.30. The molecule has 33 heavy (non-hydrogen) atoms. The number of carbonyl (C=O) groups is 2. The second kappa shape index (κ2) is 9.97. The molecular weight excluding hydrogens is 458 g/mol. The first-order chi connectivity index (χ1) is 15.8. The number of aryl methyl sites for hydroxylation is 2. The minimum absolute atomic E-state index is 0.00840. The van der Waals surface area contributed by atoms with Crippen molar-refractivity contribution in [3.63, 3.8) is 0 Å². The number of hydrogen-bond acceptors (Lipinski definition) is 5. The van der Waals surface area contributed by atoms with Gasteiger partial charge in [0.15, 0.2) is 5.16 Å². The molecule has 1 aliphatic heterocycles. The van der Waals surface area contributed by atoms with Crippen LogP contribution in [0.3, 0.4) is 0 Å². The lowest BCUT2D eigenvalue weighted by molar-refractivity contribution is -0.130. The van der Waals surface area contributed by atoms with Crippen LogP contribution in [0.25, 0.3) is 5.69 Å². The SMILES string of the molecule is Cc1ccc(C(=O)N2CCN(C(=O)CSc3nnc(C)n3-c3cccc(Cl)c3)CC2C)cc1. The second-order valence-corrected chi connectivity index (χ2v) is 9.57. The van der Waals surface area contributed by atoms with Gasteiger partial charge in [-0.2, -0.15) is 0 Å². The van der Waals surface area contributed by atoms with Crippen LogP contribution in [-0.2, 0) is 4.79 Å². The van der Waals surface area contributed by atoms with Gasteiger partial charge in [-0.1, -0.05) is 47.1 Å². The number of aromatic nitrogens is 3. The average Bonchev–Trinajstić information content (AvgIpc) is 3.17. The van der Waals surface area contributed by atoms with Crippen molar-refractivity contribution in [3.05, 3.63) is 70.5 Å². The van der Waals surface area contributed by atoms with Gasteiger partial charge in [-0.15, -0.1) is 10.2 Å². The maximum absolute atomic E-state index is 12.9. The highest BCUT2D eigenvalue weighted by atomic mass is 35.5. The molecule has 1 aliphatic rings. The third-order valence-electron chi connectivity index (χ3n) is 5.73. The van der Waals surface area contributed by atoms with Crippen LogP contribution in [0, 0.1) is 13.8 Å². The maximum Gasteiger partial charge on any atom is 0.254 e. The van der Waals surface area contributed by atoms with Gasteiger partial charge in [0.2, 0.25) is 5.91 Å². The lowest BCUT2D eigenvalue weighted by Gasteiger charge is -2.40. The van der Waals surface area contributed by atoms with Gasteiger partial charge in [0.1, 0.15) is 5.82 Å². The summed E-state index contributed by atoms with van der Waals surface area (Å²) in [6.45, 7) is 7.39. The quantitative estimate of drug-likeness (QED) is 0.513. The van der Waals surface area contributed by atoms with Gasteiger partial charge in [-0.3, -0.25) is 14.2 Å². The number of carbonyl (C=O) groups excluding carboxylic acids is 2. The molecule has 0 N–H and O–H groups in total.